The Morgan fingerprint density at radius 3 is 2.39 bits per heavy atom. The topological polar surface area (TPSA) is 55.6 Å². The van der Waals surface area contributed by atoms with Crippen molar-refractivity contribution >= 4 is 55.6 Å². The maximum absolute atomic E-state index is 12.7. The lowest BCUT2D eigenvalue weighted by atomic mass is 10.1. The van der Waals surface area contributed by atoms with Crippen LogP contribution in [0.15, 0.2) is 99.2 Å². The van der Waals surface area contributed by atoms with Crippen molar-refractivity contribution in [1.29, 1.82) is 0 Å². The lowest BCUT2D eigenvalue weighted by Gasteiger charge is -2.12. The Kier molecular flexibility index (Phi) is 7.65. The molecule has 4 aromatic rings. The number of carbonyl (C=O) groups excluding carboxylic acids is 1. The van der Waals surface area contributed by atoms with Crippen LogP contribution in [-0.4, -0.2) is 16.7 Å². The summed E-state index contributed by atoms with van der Waals surface area (Å²) in [7, 11) is 0. The number of halogens is 3. The molecule has 0 saturated heterocycles. The molecule has 1 heterocycles. The number of para-hydroxylation sites is 1. The van der Waals surface area contributed by atoms with Gasteiger partial charge in [-0.1, -0.05) is 41.9 Å². The van der Waals surface area contributed by atoms with Gasteiger partial charge in [0.25, 0.3) is 5.91 Å². The molecule has 4 rings (SSSR count). The number of amides is 1. The quantitative estimate of drug-likeness (QED) is 0.187. The second-order valence-corrected chi connectivity index (χ2v) is 9.12. The molecule has 5 nitrogen and oxygen atoms in total. The van der Waals surface area contributed by atoms with E-state index in [1.807, 2.05) is 83.7 Å². The van der Waals surface area contributed by atoms with Crippen molar-refractivity contribution in [2.45, 2.75) is 6.61 Å². The Morgan fingerprint density at radius 1 is 1.00 bits per heavy atom. The van der Waals surface area contributed by atoms with Crippen molar-refractivity contribution in [3.63, 3.8) is 0 Å². The van der Waals surface area contributed by atoms with Crippen LogP contribution in [0.3, 0.4) is 0 Å². The molecule has 1 aromatic heterocycles. The van der Waals surface area contributed by atoms with Crippen LogP contribution < -0.4 is 10.2 Å². The first-order valence-electron chi connectivity index (χ1n) is 9.94. The molecule has 1 amide bonds. The highest BCUT2D eigenvalue weighted by Gasteiger charge is 2.12. The molecule has 1 N–H and O–H groups in total. The van der Waals surface area contributed by atoms with Gasteiger partial charge in [-0.05, 0) is 79.9 Å². The SMILES string of the molecule is O=C(N/N=C\c1cc(Br)c(OCc2ccccc2Cl)c(Br)c1)c1ccccc1-n1cccc1. The largest absolute Gasteiger partial charge is 0.486 e. The first kappa shape index (κ1) is 23.3. The standard InChI is InChI=1S/C25H18Br2ClN3O2/c26-20-13-17(14-21(27)24(20)33-16-18-7-1-3-9-22(18)28)15-29-30-25(32)19-8-2-4-10-23(19)31-11-5-6-12-31/h1-15H,16H2,(H,30,32)/b29-15-. The van der Waals surface area contributed by atoms with Gasteiger partial charge in [-0.2, -0.15) is 5.10 Å². The molecule has 33 heavy (non-hydrogen) atoms. The van der Waals surface area contributed by atoms with Gasteiger partial charge >= 0.3 is 0 Å². The first-order chi connectivity index (χ1) is 16.0. The van der Waals surface area contributed by atoms with E-state index in [4.69, 9.17) is 16.3 Å². The molecule has 166 valence electrons. The summed E-state index contributed by atoms with van der Waals surface area (Å²) in [6.45, 7) is 0.334. The summed E-state index contributed by atoms with van der Waals surface area (Å²) in [6.07, 6.45) is 5.35. The summed E-state index contributed by atoms with van der Waals surface area (Å²) in [5.41, 5.74) is 5.57. The molecule has 0 aliphatic heterocycles. The number of benzene rings is 3. The Morgan fingerprint density at radius 2 is 1.67 bits per heavy atom. The number of nitrogens with zero attached hydrogens (tertiary/aromatic N) is 2. The molecule has 0 spiro atoms. The molecule has 0 unspecified atom stereocenters. The van der Waals surface area contributed by atoms with Crippen molar-refractivity contribution in [1.82, 2.24) is 9.99 Å². The van der Waals surface area contributed by atoms with Crippen LogP contribution in [0.2, 0.25) is 5.02 Å². The van der Waals surface area contributed by atoms with E-state index in [0.29, 0.717) is 22.9 Å². The van der Waals surface area contributed by atoms with E-state index in [9.17, 15) is 4.79 Å². The maximum Gasteiger partial charge on any atom is 0.273 e. The summed E-state index contributed by atoms with van der Waals surface area (Å²) < 4.78 is 9.32. The number of rotatable bonds is 7. The van der Waals surface area contributed by atoms with E-state index in [0.717, 1.165) is 25.8 Å². The number of hydrogen-bond donors (Lipinski definition) is 1. The Bertz CT molecular complexity index is 1280. The van der Waals surface area contributed by atoms with E-state index in [2.05, 4.69) is 42.4 Å². The van der Waals surface area contributed by atoms with Crippen LogP contribution in [0.5, 0.6) is 5.75 Å². The number of carbonyl (C=O) groups is 1. The highest BCUT2D eigenvalue weighted by Crippen LogP contribution is 2.35. The van der Waals surface area contributed by atoms with Gasteiger partial charge in [0.15, 0.2) is 0 Å². The van der Waals surface area contributed by atoms with Gasteiger partial charge in [-0.25, -0.2) is 5.43 Å². The number of aromatic nitrogens is 1. The molecule has 0 saturated carbocycles. The molecule has 0 atom stereocenters. The van der Waals surface area contributed by atoms with Crippen molar-refractivity contribution in [3.8, 4) is 11.4 Å². The second-order valence-electron chi connectivity index (χ2n) is 7.00. The smallest absolute Gasteiger partial charge is 0.273 e. The van der Waals surface area contributed by atoms with Crippen molar-refractivity contribution in [3.05, 3.63) is 116 Å². The Balaban J connectivity index is 1.44. The molecule has 0 bridgehead atoms. The van der Waals surface area contributed by atoms with Gasteiger partial charge in [-0.15, -0.1) is 0 Å². The van der Waals surface area contributed by atoms with E-state index < -0.39 is 0 Å². The minimum atomic E-state index is -0.298. The summed E-state index contributed by atoms with van der Waals surface area (Å²) in [5.74, 6) is 0.352. The lowest BCUT2D eigenvalue weighted by molar-refractivity contribution is 0.0955. The molecule has 0 radical (unpaired) electrons. The zero-order chi connectivity index (χ0) is 23.2. The number of nitrogens with one attached hydrogen (secondary N) is 1. The number of ether oxygens (including phenoxy) is 1. The average molecular weight is 588 g/mol. The zero-order valence-electron chi connectivity index (χ0n) is 17.2. The Hall–Kier alpha value is -2.87. The second kappa shape index (κ2) is 10.8. The number of hydrazone groups is 1. The van der Waals surface area contributed by atoms with Crippen molar-refractivity contribution in [2.75, 3.05) is 0 Å². The molecule has 8 heteroatoms. The highest BCUT2D eigenvalue weighted by molar-refractivity contribution is 9.11. The molecule has 0 aliphatic carbocycles. The van der Waals surface area contributed by atoms with Crippen LogP contribution in [0.25, 0.3) is 5.69 Å². The lowest BCUT2D eigenvalue weighted by Crippen LogP contribution is -2.19. The molecular formula is C25H18Br2ClN3O2. The first-order valence-corrected chi connectivity index (χ1v) is 11.9. The average Bonchev–Trinajstić information content (AvgIpc) is 3.34. The van der Waals surface area contributed by atoms with Gasteiger partial charge in [-0.3, -0.25) is 4.79 Å². The minimum Gasteiger partial charge on any atom is -0.486 e. The van der Waals surface area contributed by atoms with Gasteiger partial charge in [0.2, 0.25) is 0 Å². The van der Waals surface area contributed by atoms with E-state index in [-0.39, 0.29) is 5.91 Å². The van der Waals surface area contributed by atoms with Gasteiger partial charge in [0, 0.05) is 23.0 Å². The van der Waals surface area contributed by atoms with Crippen LogP contribution in [0.1, 0.15) is 21.5 Å². The predicted octanol–water partition coefficient (Wildman–Crippen LogP) is 7.00. The molecule has 0 fully saturated rings. The van der Waals surface area contributed by atoms with Gasteiger partial charge in [0.05, 0.1) is 26.4 Å². The fourth-order valence-electron chi connectivity index (χ4n) is 3.17. The summed E-state index contributed by atoms with van der Waals surface area (Å²) in [5, 5.41) is 4.78. The van der Waals surface area contributed by atoms with E-state index >= 15 is 0 Å². The predicted molar refractivity (Wildman–Crippen MR) is 138 cm³/mol. The summed E-state index contributed by atoms with van der Waals surface area (Å²) in [4.78, 5) is 12.7. The van der Waals surface area contributed by atoms with Crippen LogP contribution in [0, 0.1) is 0 Å². The third-order valence-corrected chi connectivity index (χ3v) is 6.31. The van der Waals surface area contributed by atoms with Crippen LogP contribution >= 0.6 is 43.5 Å². The third kappa shape index (κ3) is 5.74. The maximum atomic E-state index is 12.7. The van der Waals surface area contributed by atoms with Gasteiger partial charge < -0.3 is 9.30 Å². The number of hydrogen-bond acceptors (Lipinski definition) is 3. The molecular weight excluding hydrogens is 570 g/mol. The highest BCUT2D eigenvalue weighted by atomic mass is 79.9. The van der Waals surface area contributed by atoms with Gasteiger partial charge in [0.1, 0.15) is 12.4 Å². The van der Waals surface area contributed by atoms with E-state index in [1.165, 1.54) is 0 Å². The van der Waals surface area contributed by atoms with Crippen LogP contribution in [0.4, 0.5) is 0 Å². The summed E-state index contributed by atoms with van der Waals surface area (Å²) in [6, 6.07) is 22.4. The third-order valence-electron chi connectivity index (χ3n) is 4.76. The molecule has 0 aliphatic rings. The monoisotopic (exact) mass is 585 g/mol. The van der Waals surface area contributed by atoms with Crippen LogP contribution in [-0.2, 0) is 6.61 Å². The normalized spacial score (nSPS) is 11.0. The fraction of sp³-hybridized carbons (Fsp3) is 0.0400. The molecule has 3 aromatic carbocycles. The summed E-state index contributed by atoms with van der Waals surface area (Å²) >= 11 is 13.3. The minimum absolute atomic E-state index is 0.298. The zero-order valence-corrected chi connectivity index (χ0v) is 21.1. The fourth-order valence-corrected chi connectivity index (χ4v) is 4.81. The Labute approximate surface area is 213 Å². The van der Waals surface area contributed by atoms with Crippen molar-refractivity contribution < 1.29 is 9.53 Å². The van der Waals surface area contributed by atoms with Crippen molar-refractivity contribution in [2.24, 2.45) is 5.10 Å². The van der Waals surface area contributed by atoms with E-state index in [1.54, 1.807) is 12.3 Å².